The highest BCUT2D eigenvalue weighted by atomic mass is 16.5. The number of rotatable bonds is 6. The van der Waals surface area contributed by atoms with Gasteiger partial charge in [-0.3, -0.25) is 4.79 Å². The zero-order valence-electron chi connectivity index (χ0n) is 11.4. The first-order valence-electron chi connectivity index (χ1n) is 6.18. The third-order valence-corrected chi connectivity index (χ3v) is 2.81. The molecule has 0 radical (unpaired) electrons. The van der Waals surface area contributed by atoms with Crippen LogP contribution in [0.25, 0.3) is 0 Å². The predicted octanol–water partition coefficient (Wildman–Crippen LogP) is 1.18. The molecule has 0 heterocycles. The number of aryl methyl sites for hydroxylation is 1. The molecule has 1 unspecified atom stereocenters. The summed E-state index contributed by atoms with van der Waals surface area (Å²) in [6.07, 6.45) is 5.39. The predicted molar refractivity (Wildman–Crippen MR) is 75.7 cm³/mol. The first-order valence-corrected chi connectivity index (χ1v) is 6.18. The van der Waals surface area contributed by atoms with Crippen molar-refractivity contribution < 1.29 is 9.53 Å². The van der Waals surface area contributed by atoms with Gasteiger partial charge >= 0.3 is 0 Å². The highest BCUT2D eigenvalue weighted by Crippen LogP contribution is 2.15. The molecule has 0 bridgehead atoms. The summed E-state index contributed by atoms with van der Waals surface area (Å²) in [4.78, 5) is 13.3. The van der Waals surface area contributed by atoms with Crippen LogP contribution in [0.3, 0.4) is 0 Å². The normalized spacial score (nSPS) is 11.5. The van der Waals surface area contributed by atoms with Crippen molar-refractivity contribution in [2.75, 3.05) is 20.2 Å². The van der Waals surface area contributed by atoms with Gasteiger partial charge in [0.05, 0.1) is 12.6 Å². The molecule has 0 spiro atoms. The highest BCUT2D eigenvalue weighted by Gasteiger charge is 2.16. The van der Waals surface area contributed by atoms with E-state index in [1.807, 2.05) is 31.2 Å². The second kappa shape index (κ2) is 7.45. The number of nitrogens with two attached hydrogens (primary N) is 1. The number of ether oxygens (including phenoxy) is 1. The molecule has 1 aromatic carbocycles. The Labute approximate surface area is 114 Å². The van der Waals surface area contributed by atoms with E-state index in [0.29, 0.717) is 13.2 Å². The number of benzene rings is 1. The minimum atomic E-state index is -0.631. The number of hydrogen-bond acceptors (Lipinski definition) is 3. The molecule has 1 rings (SSSR count). The third-order valence-electron chi connectivity index (χ3n) is 2.81. The molecule has 1 atom stereocenters. The van der Waals surface area contributed by atoms with E-state index in [1.54, 1.807) is 11.9 Å². The Hall–Kier alpha value is -1.99. The molecule has 2 N–H and O–H groups in total. The van der Waals surface area contributed by atoms with Crippen molar-refractivity contribution in [3.05, 3.63) is 29.8 Å². The molecule has 0 aromatic heterocycles. The summed E-state index contributed by atoms with van der Waals surface area (Å²) in [6.45, 7) is 2.88. The number of hydrogen-bond donors (Lipinski definition) is 1. The molecular formula is C15H20N2O2. The lowest BCUT2D eigenvalue weighted by atomic mass is 10.2. The van der Waals surface area contributed by atoms with Crippen LogP contribution in [0.15, 0.2) is 24.3 Å². The Morgan fingerprint density at radius 3 is 2.84 bits per heavy atom. The Morgan fingerprint density at radius 2 is 2.21 bits per heavy atom. The van der Waals surface area contributed by atoms with Crippen LogP contribution in [-0.2, 0) is 4.79 Å². The maximum Gasteiger partial charge on any atom is 0.240 e. The van der Waals surface area contributed by atoms with Gasteiger partial charge in [-0.05, 0) is 18.6 Å². The fourth-order valence-corrected chi connectivity index (χ4v) is 1.62. The zero-order chi connectivity index (χ0) is 14.3. The molecule has 0 saturated heterocycles. The standard InChI is InChI=1S/C15H20N2O2/c1-4-7-13(16)15(18)17(3)10-11-19-14-9-6-5-8-12(14)2/h1,5-6,8-9,13H,7,10-11,16H2,2-3H3. The topological polar surface area (TPSA) is 55.6 Å². The average molecular weight is 260 g/mol. The van der Waals surface area contributed by atoms with Crippen molar-refractivity contribution >= 4 is 5.91 Å². The second-order valence-electron chi connectivity index (χ2n) is 4.39. The monoisotopic (exact) mass is 260 g/mol. The van der Waals surface area contributed by atoms with Crippen molar-refractivity contribution in [1.82, 2.24) is 4.90 Å². The molecule has 1 amide bonds. The largest absolute Gasteiger partial charge is 0.491 e. The van der Waals surface area contributed by atoms with Crippen molar-refractivity contribution in [1.29, 1.82) is 0 Å². The lowest BCUT2D eigenvalue weighted by Crippen LogP contribution is -2.43. The zero-order valence-corrected chi connectivity index (χ0v) is 11.4. The fraction of sp³-hybridized carbons (Fsp3) is 0.400. The quantitative estimate of drug-likeness (QED) is 0.782. The molecule has 19 heavy (non-hydrogen) atoms. The van der Waals surface area contributed by atoms with Gasteiger partial charge in [-0.2, -0.15) is 0 Å². The Morgan fingerprint density at radius 1 is 1.53 bits per heavy atom. The number of nitrogens with zero attached hydrogens (tertiary/aromatic N) is 1. The van der Waals surface area contributed by atoms with Gasteiger partial charge in [0, 0.05) is 13.5 Å². The van der Waals surface area contributed by atoms with Crippen LogP contribution in [0.4, 0.5) is 0 Å². The van der Waals surface area contributed by atoms with E-state index in [9.17, 15) is 4.79 Å². The summed E-state index contributed by atoms with van der Waals surface area (Å²) in [7, 11) is 1.69. The van der Waals surface area contributed by atoms with Gasteiger partial charge in [-0.1, -0.05) is 18.2 Å². The Kier molecular flexibility index (Phi) is 5.91. The first-order chi connectivity index (χ1) is 9.06. The van der Waals surface area contributed by atoms with Crippen molar-refractivity contribution in [3.63, 3.8) is 0 Å². The molecule has 4 heteroatoms. The van der Waals surface area contributed by atoms with Crippen molar-refractivity contribution in [3.8, 4) is 18.1 Å². The minimum absolute atomic E-state index is 0.161. The van der Waals surface area contributed by atoms with Crippen LogP contribution in [-0.4, -0.2) is 37.0 Å². The van der Waals surface area contributed by atoms with E-state index in [-0.39, 0.29) is 12.3 Å². The number of para-hydroxylation sites is 1. The third kappa shape index (κ3) is 4.65. The van der Waals surface area contributed by atoms with Gasteiger partial charge in [0.1, 0.15) is 12.4 Å². The number of carbonyl (C=O) groups excluding carboxylic acids is 1. The summed E-state index contributed by atoms with van der Waals surface area (Å²) >= 11 is 0. The van der Waals surface area contributed by atoms with Crippen LogP contribution in [0.2, 0.25) is 0 Å². The van der Waals surface area contributed by atoms with Crippen LogP contribution >= 0.6 is 0 Å². The van der Waals surface area contributed by atoms with E-state index in [2.05, 4.69) is 5.92 Å². The van der Waals surface area contributed by atoms with E-state index < -0.39 is 6.04 Å². The van der Waals surface area contributed by atoms with Gasteiger partial charge in [0.15, 0.2) is 0 Å². The summed E-state index contributed by atoms with van der Waals surface area (Å²) < 4.78 is 5.62. The molecule has 4 nitrogen and oxygen atoms in total. The van der Waals surface area contributed by atoms with Crippen LogP contribution < -0.4 is 10.5 Å². The summed E-state index contributed by atoms with van der Waals surface area (Å²) in [5.74, 6) is 3.06. The van der Waals surface area contributed by atoms with E-state index in [4.69, 9.17) is 16.9 Å². The summed E-state index contributed by atoms with van der Waals surface area (Å²) in [6, 6.07) is 7.12. The fourth-order valence-electron chi connectivity index (χ4n) is 1.62. The highest BCUT2D eigenvalue weighted by molar-refractivity contribution is 5.81. The van der Waals surface area contributed by atoms with E-state index in [1.165, 1.54) is 0 Å². The molecular weight excluding hydrogens is 240 g/mol. The molecule has 0 saturated carbocycles. The molecule has 0 aliphatic heterocycles. The number of carbonyl (C=O) groups is 1. The molecule has 0 fully saturated rings. The lowest BCUT2D eigenvalue weighted by Gasteiger charge is -2.20. The van der Waals surface area contributed by atoms with Gasteiger partial charge in [0.25, 0.3) is 0 Å². The SMILES string of the molecule is C#CCC(N)C(=O)N(C)CCOc1ccccc1C. The molecule has 1 aromatic rings. The molecule has 0 aliphatic carbocycles. The Bertz CT molecular complexity index is 465. The number of terminal acetylenes is 1. The van der Waals surface area contributed by atoms with Gasteiger partial charge in [-0.25, -0.2) is 0 Å². The smallest absolute Gasteiger partial charge is 0.240 e. The maximum absolute atomic E-state index is 11.8. The number of amides is 1. The van der Waals surface area contributed by atoms with Gasteiger partial charge < -0.3 is 15.4 Å². The molecule has 0 aliphatic rings. The summed E-state index contributed by atoms with van der Waals surface area (Å²) in [5, 5.41) is 0. The minimum Gasteiger partial charge on any atom is -0.491 e. The van der Waals surface area contributed by atoms with E-state index >= 15 is 0 Å². The van der Waals surface area contributed by atoms with Crippen LogP contribution in [0, 0.1) is 19.3 Å². The van der Waals surface area contributed by atoms with E-state index in [0.717, 1.165) is 11.3 Å². The van der Waals surface area contributed by atoms with Crippen LogP contribution in [0.1, 0.15) is 12.0 Å². The summed E-state index contributed by atoms with van der Waals surface area (Å²) in [5.41, 5.74) is 6.73. The van der Waals surface area contributed by atoms with Crippen molar-refractivity contribution in [2.24, 2.45) is 5.73 Å². The average Bonchev–Trinajstić information content (AvgIpc) is 2.40. The molecule has 102 valence electrons. The maximum atomic E-state index is 11.8. The number of likely N-dealkylation sites (N-methyl/N-ethyl adjacent to an activating group) is 1. The van der Waals surface area contributed by atoms with Crippen LogP contribution in [0.5, 0.6) is 5.75 Å². The van der Waals surface area contributed by atoms with Gasteiger partial charge in [-0.15, -0.1) is 12.3 Å². The Balaban J connectivity index is 2.39. The first kappa shape index (κ1) is 15.1. The lowest BCUT2D eigenvalue weighted by molar-refractivity contribution is -0.131. The van der Waals surface area contributed by atoms with Crippen molar-refractivity contribution in [2.45, 2.75) is 19.4 Å². The van der Waals surface area contributed by atoms with Gasteiger partial charge in [0.2, 0.25) is 5.91 Å². The second-order valence-corrected chi connectivity index (χ2v) is 4.39.